The van der Waals surface area contributed by atoms with Crippen LogP contribution in [0.3, 0.4) is 0 Å². The first-order valence-corrected chi connectivity index (χ1v) is 7.48. The van der Waals surface area contributed by atoms with E-state index in [1.807, 2.05) is 4.90 Å². The van der Waals surface area contributed by atoms with Crippen LogP contribution < -0.4 is 4.74 Å². The first-order chi connectivity index (χ1) is 10.1. The van der Waals surface area contributed by atoms with Crippen LogP contribution in [0.15, 0.2) is 35.7 Å². The van der Waals surface area contributed by atoms with Gasteiger partial charge in [-0.2, -0.15) is 0 Å². The lowest BCUT2D eigenvalue weighted by atomic mass is 9.97. The van der Waals surface area contributed by atoms with Gasteiger partial charge in [-0.05, 0) is 47.2 Å². The molecule has 1 aliphatic rings. The largest absolute Gasteiger partial charge is 0.497 e. The molecule has 0 spiro atoms. The normalized spacial score (nSPS) is 18.4. The molecule has 0 N–H and O–H groups in total. The van der Waals surface area contributed by atoms with E-state index in [4.69, 9.17) is 6.11 Å². The second kappa shape index (κ2) is 5.29. The van der Waals surface area contributed by atoms with Gasteiger partial charge in [0.15, 0.2) is 0 Å². The van der Waals surface area contributed by atoms with Gasteiger partial charge >= 0.3 is 0 Å². The van der Waals surface area contributed by atoms with Crippen molar-refractivity contribution in [2.45, 2.75) is 19.4 Å². The van der Waals surface area contributed by atoms with Gasteiger partial charge in [0.2, 0.25) is 0 Å². The second-order valence-corrected chi connectivity index (χ2v) is 6.03. The zero-order valence-electron chi connectivity index (χ0n) is 12.6. The summed E-state index contributed by atoms with van der Waals surface area (Å²) >= 11 is 1.69. The number of amides is 1. The minimum atomic E-state index is -0.0754. The van der Waals surface area contributed by atoms with Crippen LogP contribution in [-0.2, 0) is 6.54 Å². The molecule has 1 aliphatic heterocycles. The lowest BCUT2D eigenvalue weighted by Crippen LogP contribution is -2.36. The number of nitrogens with zero attached hydrogens (tertiary/aromatic N) is 1. The molecule has 3 rings (SSSR count). The molecule has 0 bridgehead atoms. The van der Waals surface area contributed by atoms with E-state index in [2.05, 4.69) is 18.4 Å². The maximum absolute atomic E-state index is 12.7. The van der Waals surface area contributed by atoms with E-state index in [0.29, 0.717) is 30.3 Å². The number of benzene rings is 1. The summed E-state index contributed by atoms with van der Waals surface area (Å²) in [7, 11) is 1.56. The Morgan fingerprint density at radius 1 is 1.45 bits per heavy atom. The third-order valence-electron chi connectivity index (χ3n) is 3.68. The SMILES string of the molecule is [3H]c1cc(OC)ccc1C(=O)N1Cc2sccc2C(C)C1. The molecule has 0 aliphatic carbocycles. The Hall–Kier alpha value is -1.81. The molecule has 1 atom stereocenters. The molecule has 0 radical (unpaired) electrons. The van der Waals surface area contributed by atoms with Crippen molar-refractivity contribution in [1.82, 2.24) is 4.90 Å². The van der Waals surface area contributed by atoms with Crippen LogP contribution in [0.4, 0.5) is 0 Å². The molecule has 2 heterocycles. The van der Waals surface area contributed by atoms with Gasteiger partial charge in [-0.25, -0.2) is 0 Å². The third-order valence-corrected chi connectivity index (χ3v) is 4.60. The minimum absolute atomic E-state index is 0.0754. The van der Waals surface area contributed by atoms with Crippen molar-refractivity contribution in [2.24, 2.45) is 0 Å². The zero-order chi connectivity index (χ0) is 15.0. The Morgan fingerprint density at radius 2 is 2.30 bits per heavy atom. The highest BCUT2D eigenvalue weighted by Gasteiger charge is 2.26. The summed E-state index contributed by atoms with van der Waals surface area (Å²) < 4.78 is 13.1. The number of hydrogen-bond donors (Lipinski definition) is 0. The molecule has 1 aromatic carbocycles. The maximum Gasteiger partial charge on any atom is 0.254 e. The van der Waals surface area contributed by atoms with Crippen LogP contribution in [0.1, 0.15) is 35.0 Å². The molecule has 2 aromatic rings. The van der Waals surface area contributed by atoms with Crippen molar-refractivity contribution in [1.29, 1.82) is 0 Å². The van der Waals surface area contributed by atoms with Crippen molar-refractivity contribution in [2.75, 3.05) is 13.7 Å². The summed E-state index contributed by atoms with van der Waals surface area (Å²) in [6, 6.07) is 7.35. The predicted molar refractivity (Wildman–Crippen MR) is 80.5 cm³/mol. The van der Waals surface area contributed by atoms with E-state index >= 15 is 0 Å². The lowest BCUT2D eigenvalue weighted by molar-refractivity contribution is 0.0723. The van der Waals surface area contributed by atoms with Gasteiger partial charge in [0.25, 0.3) is 5.91 Å². The minimum Gasteiger partial charge on any atom is -0.497 e. The molecule has 0 saturated carbocycles. The van der Waals surface area contributed by atoms with Crippen LogP contribution >= 0.6 is 11.3 Å². The Labute approximate surface area is 124 Å². The molecule has 1 amide bonds. The topological polar surface area (TPSA) is 29.5 Å². The summed E-state index contributed by atoms with van der Waals surface area (Å²) in [6.45, 7) is 3.48. The molecule has 0 fully saturated rings. The number of fused-ring (bicyclic) bond motifs is 1. The molecule has 1 aromatic heterocycles. The summed E-state index contributed by atoms with van der Waals surface area (Å²) in [5.41, 5.74) is 1.79. The Bertz CT molecular complexity index is 683. The zero-order valence-corrected chi connectivity index (χ0v) is 12.4. The summed E-state index contributed by atoms with van der Waals surface area (Å²) in [6.07, 6.45) is 0. The van der Waals surface area contributed by atoms with E-state index in [-0.39, 0.29) is 11.9 Å². The number of carbonyl (C=O) groups excluding carboxylic acids is 1. The molecular formula is C16H17NO2S. The van der Waals surface area contributed by atoms with Crippen molar-refractivity contribution in [3.63, 3.8) is 0 Å². The molecule has 1 unspecified atom stereocenters. The predicted octanol–water partition coefficient (Wildman–Crippen LogP) is 3.52. The molecule has 3 nitrogen and oxygen atoms in total. The third kappa shape index (κ3) is 2.31. The highest BCUT2D eigenvalue weighted by molar-refractivity contribution is 7.10. The van der Waals surface area contributed by atoms with Crippen LogP contribution in [0.5, 0.6) is 5.75 Å². The van der Waals surface area contributed by atoms with Crippen LogP contribution in [0.2, 0.25) is 0 Å². The van der Waals surface area contributed by atoms with E-state index in [1.165, 1.54) is 10.4 Å². The first kappa shape index (κ1) is 12.0. The van der Waals surface area contributed by atoms with Gasteiger partial charge < -0.3 is 9.64 Å². The van der Waals surface area contributed by atoms with Gasteiger partial charge in [-0.3, -0.25) is 4.79 Å². The maximum atomic E-state index is 12.7. The standard InChI is InChI=1S/C16H17NO2S/c1-11-9-17(10-15-14(11)7-8-20-15)16(18)12-3-5-13(19-2)6-4-12/h3-8,11H,9-10H2,1-2H3/i3T. The quantitative estimate of drug-likeness (QED) is 0.846. The number of ether oxygens (including phenoxy) is 1. The van der Waals surface area contributed by atoms with E-state index in [9.17, 15) is 4.79 Å². The fraction of sp³-hybridized carbons (Fsp3) is 0.312. The van der Waals surface area contributed by atoms with E-state index in [0.717, 1.165) is 0 Å². The van der Waals surface area contributed by atoms with Crippen LogP contribution in [-0.4, -0.2) is 24.5 Å². The molecule has 20 heavy (non-hydrogen) atoms. The van der Waals surface area contributed by atoms with Gasteiger partial charge in [-0.15, -0.1) is 11.3 Å². The van der Waals surface area contributed by atoms with Gasteiger partial charge in [-0.1, -0.05) is 6.92 Å². The van der Waals surface area contributed by atoms with Crippen molar-refractivity contribution >= 4 is 17.2 Å². The van der Waals surface area contributed by atoms with Crippen LogP contribution in [0.25, 0.3) is 0 Å². The monoisotopic (exact) mass is 289 g/mol. The number of rotatable bonds is 2. The molecule has 4 heteroatoms. The Balaban J connectivity index is 1.87. The number of carbonyl (C=O) groups is 1. The second-order valence-electron chi connectivity index (χ2n) is 5.03. The lowest BCUT2D eigenvalue weighted by Gasteiger charge is -2.31. The molecule has 0 saturated heterocycles. The number of thiophene rings is 1. The van der Waals surface area contributed by atoms with Crippen molar-refractivity contribution in [3.8, 4) is 5.75 Å². The summed E-state index contributed by atoms with van der Waals surface area (Å²) in [5, 5.41) is 2.08. The Kier molecular flexibility index (Phi) is 3.17. The summed E-state index contributed by atoms with van der Waals surface area (Å²) in [4.78, 5) is 15.8. The summed E-state index contributed by atoms with van der Waals surface area (Å²) in [5.74, 6) is 0.869. The first-order valence-electron chi connectivity index (χ1n) is 7.10. The number of methoxy groups -OCH3 is 1. The van der Waals surface area contributed by atoms with Crippen molar-refractivity contribution < 1.29 is 10.9 Å². The molecule has 104 valence electrons. The fourth-order valence-electron chi connectivity index (χ4n) is 2.58. The fourth-order valence-corrected chi connectivity index (χ4v) is 3.60. The van der Waals surface area contributed by atoms with Crippen LogP contribution in [0, 0.1) is 0 Å². The smallest absolute Gasteiger partial charge is 0.254 e. The van der Waals surface area contributed by atoms with E-state index < -0.39 is 0 Å². The van der Waals surface area contributed by atoms with Crippen molar-refractivity contribution in [3.05, 3.63) is 51.7 Å². The highest BCUT2D eigenvalue weighted by Crippen LogP contribution is 2.32. The van der Waals surface area contributed by atoms with Gasteiger partial charge in [0.1, 0.15) is 5.75 Å². The average molecular weight is 289 g/mol. The Morgan fingerprint density at radius 3 is 3.05 bits per heavy atom. The van der Waals surface area contributed by atoms with E-state index in [1.54, 1.807) is 36.6 Å². The number of hydrogen-bond acceptors (Lipinski definition) is 3. The van der Waals surface area contributed by atoms with Gasteiger partial charge in [0.05, 0.1) is 15.0 Å². The molecular weight excluding hydrogens is 270 g/mol. The average Bonchev–Trinajstić information content (AvgIpc) is 2.95. The van der Waals surface area contributed by atoms with Gasteiger partial charge in [0, 0.05) is 17.0 Å². The highest BCUT2D eigenvalue weighted by atomic mass is 32.1.